The molecule has 2 amide bonds. The number of nitriles is 1. The maximum Gasteiger partial charge on any atom is 0.307 e. The molecule has 11 nitrogen and oxygen atoms in total. The van der Waals surface area contributed by atoms with Crippen molar-refractivity contribution in [1.29, 1.82) is 5.26 Å². The number of nitrogens with zero attached hydrogens (tertiary/aromatic N) is 3. The van der Waals surface area contributed by atoms with E-state index in [1.54, 1.807) is 11.1 Å². The molecule has 5 atom stereocenters. The number of rotatable bonds is 31. The van der Waals surface area contributed by atoms with Crippen molar-refractivity contribution in [1.82, 2.24) is 14.9 Å². The molecule has 0 aromatic carbocycles. The van der Waals surface area contributed by atoms with Crippen LogP contribution in [-0.2, 0) is 31.1 Å². The van der Waals surface area contributed by atoms with Gasteiger partial charge in [0.2, 0.25) is 6.41 Å². The van der Waals surface area contributed by atoms with Crippen molar-refractivity contribution in [3.63, 3.8) is 0 Å². The third-order valence-corrected chi connectivity index (χ3v) is 11.7. The molecule has 0 aromatic rings. The van der Waals surface area contributed by atoms with E-state index in [0.29, 0.717) is 19.3 Å². The molecule has 5 unspecified atom stereocenters. The van der Waals surface area contributed by atoms with E-state index < -0.39 is 39.0 Å². The van der Waals surface area contributed by atoms with Gasteiger partial charge in [-0.3, -0.25) is 14.9 Å². The highest BCUT2D eigenvalue weighted by Crippen LogP contribution is 2.50. The summed E-state index contributed by atoms with van der Waals surface area (Å²) in [7, 11) is 0.248. The molecule has 1 aliphatic heterocycles. The zero-order valence-electron chi connectivity index (χ0n) is 38.0. The lowest BCUT2D eigenvalue weighted by Gasteiger charge is -2.38. The first-order valence-corrected chi connectivity index (χ1v) is 24.1. The van der Waals surface area contributed by atoms with E-state index in [1.807, 2.05) is 78.4 Å². The molecule has 1 fully saturated rings. The molecule has 1 aliphatic rings. The summed E-state index contributed by atoms with van der Waals surface area (Å²) in [6.07, 6.45) is 20.0. The van der Waals surface area contributed by atoms with Crippen LogP contribution in [0, 0.1) is 11.3 Å². The van der Waals surface area contributed by atoms with Crippen molar-refractivity contribution in [2.24, 2.45) is 0 Å². The number of hydrogen-bond donors (Lipinski definition) is 1. The van der Waals surface area contributed by atoms with Crippen LogP contribution in [0.5, 0.6) is 0 Å². The molecule has 0 aliphatic carbocycles. The number of halogens is 1. The average molecular weight is 927 g/mol. The normalized spacial score (nSPS) is 18.0. The van der Waals surface area contributed by atoms with Crippen molar-refractivity contribution >= 4 is 50.8 Å². The van der Waals surface area contributed by atoms with Crippen molar-refractivity contribution in [2.45, 2.75) is 222 Å². The van der Waals surface area contributed by atoms with Gasteiger partial charge in [0.05, 0.1) is 48.2 Å². The Hall–Kier alpha value is -0.845. The summed E-state index contributed by atoms with van der Waals surface area (Å²) >= 11 is 1.91. The highest BCUT2D eigenvalue weighted by atomic mass is 127. The lowest BCUT2D eigenvalue weighted by molar-refractivity contribution is -0.121. The quantitative estimate of drug-likeness (QED) is 0.0180. The number of unbranched alkanes of at least 4 members (excludes halogenated alkanes) is 13. The largest absolute Gasteiger partial charge is 0.378 e. The summed E-state index contributed by atoms with van der Waals surface area (Å²) in [4.78, 5) is 24.6. The standard InChI is InChI=1S/C36H67BIN4O7P.3C2H6/c1-8-9-10-11-12-13-14-15-16-17-18-19-20-21-26-45-35-34(48-50(46-27-22-24-39)42(30(2)3)31(4)5)32(28-37(6)49-38)47-36(35)41(7)25-23-33(44)40-29-43;3*1-2/h23,25,29-32,34-36H,8-22,26-28H2,1-7H3,(H,40,43,44);3*1-2H3/b25-23-;;;. The number of nitrogens with one attached hydrogen (secondary N) is 1. The third kappa shape index (κ3) is 28.6. The first-order chi connectivity index (χ1) is 27.1. The van der Waals surface area contributed by atoms with Gasteiger partial charge in [0.15, 0.2) is 6.23 Å². The van der Waals surface area contributed by atoms with Crippen molar-refractivity contribution in [3.05, 3.63) is 12.3 Å². The van der Waals surface area contributed by atoms with Gasteiger partial charge in [0, 0.05) is 38.0 Å². The molecule has 0 radical (unpaired) electrons. The molecular weight excluding hydrogens is 841 g/mol. The number of carbonyl (C=O) groups excluding carboxylic acids is 2. The van der Waals surface area contributed by atoms with E-state index >= 15 is 0 Å². The molecular formula is C42H85BIN4O7P. The van der Waals surface area contributed by atoms with Gasteiger partial charge < -0.3 is 26.4 Å². The Morgan fingerprint density at radius 2 is 1.38 bits per heavy atom. The highest BCUT2D eigenvalue weighted by molar-refractivity contribution is 14.1. The Labute approximate surface area is 361 Å². The summed E-state index contributed by atoms with van der Waals surface area (Å²) in [5.41, 5.74) is 0. The molecule has 0 aromatic heterocycles. The fourth-order valence-corrected chi connectivity index (χ4v) is 8.16. The second kappa shape index (κ2) is 42.3. The van der Waals surface area contributed by atoms with E-state index in [9.17, 15) is 14.9 Å². The van der Waals surface area contributed by atoms with Crippen LogP contribution in [0.15, 0.2) is 12.3 Å². The molecule has 0 spiro atoms. The van der Waals surface area contributed by atoms with Crippen molar-refractivity contribution in [2.75, 3.05) is 20.3 Å². The first-order valence-electron chi connectivity index (χ1n) is 22.0. The molecule has 1 rings (SSSR count). The third-order valence-electron chi connectivity index (χ3n) is 8.75. The van der Waals surface area contributed by atoms with Crippen molar-refractivity contribution in [3.8, 4) is 6.07 Å². The summed E-state index contributed by atoms with van der Waals surface area (Å²) < 4.78 is 34.3. The summed E-state index contributed by atoms with van der Waals surface area (Å²) in [6, 6.07) is 2.43. The van der Waals surface area contributed by atoms with E-state index in [4.69, 9.17) is 21.5 Å². The van der Waals surface area contributed by atoms with Gasteiger partial charge >= 0.3 is 6.92 Å². The van der Waals surface area contributed by atoms with Crippen LogP contribution in [-0.4, -0.2) is 85.7 Å². The van der Waals surface area contributed by atoms with Crippen LogP contribution in [0.1, 0.15) is 172 Å². The van der Waals surface area contributed by atoms with E-state index in [1.165, 1.54) is 83.1 Å². The number of ether oxygens (including phenoxy) is 2. The summed E-state index contributed by atoms with van der Waals surface area (Å²) in [6.45, 7) is 25.4. The minimum absolute atomic E-state index is 0.117. The van der Waals surface area contributed by atoms with Crippen LogP contribution in [0.25, 0.3) is 0 Å². The number of likely N-dealkylation sites (N-methyl/N-ethyl adjacent to an activating group) is 1. The molecule has 330 valence electrons. The minimum Gasteiger partial charge on any atom is -0.378 e. The predicted octanol–water partition coefficient (Wildman–Crippen LogP) is 12.0. The predicted molar refractivity (Wildman–Crippen MR) is 245 cm³/mol. The fraction of sp³-hybridized carbons (Fsp3) is 0.881. The summed E-state index contributed by atoms with van der Waals surface area (Å²) in [5.74, 6) is -0.528. The Morgan fingerprint density at radius 1 is 0.875 bits per heavy atom. The van der Waals surface area contributed by atoms with Gasteiger partial charge in [-0.1, -0.05) is 139 Å². The topological polar surface area (TPSA) is 123 Å². The van der Waals surface area contributed by atoms with Crippen LogP contribution >= 0.6 is 31.5 Å². The van der Waals surface area contributed by atoms with Crippen molar-refractivity contribution < 1.29 is 31.1 Å². The first kappa shape index (κ1) is 59.5. The van der Waals surface area contributed by atoms with Gasteiger partial charge in [-0.2, -0.15) is 5.26 Å². The average Bonchev–Trinajstić information content (AvgIpc) is 3.53. The lowest BCUT2D eigenvalue weighted by Crippen LogP contribution is -2.44. The Morgan fingerprint density at radius 3 is 1.82 bits per heavy atom. The van der Waals surface area contributed by atoms with Crippen LogP contribution in [0.3, 0.4) is 0 Å². The van der Waals surface area contributed by atoms with Gasteiger partial charge in [0.25, 0.3) is 14.4 Å². The maximum absolute atomic E-state index is 12.0. The van der Waals surface area contributed by atoms with Gasteiger partial charge in [-0.25, -0.2) is 4.67 Å². The Balaban J connectivity index is -0.00000445. The highest BCUT2D eigenvalue weighted by Gasteiger charge is 2.50. The molecule has 0 saturated carbocycles. The van der Waals surface area contributed by atoms with Crippen LogP contribution < -0.4 is 5.32 Å². The van der Waals surface area contributed by atoms with Crippen LogP contribution in [0.4, 0.5) is 0 Å². The molecule has 1 saturated heterocycles. The molecule has 56 heavy (non-hydrogen) atoms. The molecule has 1 heterocycles. The number of amides is 2. The lowest BCUT2D eigenvalue weighted by atomic mass is 9.66. The zero-order chi connectivity index (χ0) is 43.1. The maximum atomic E-state index is 12.0. The molecule has 14 heteroatoms. The second-order valence-electron chi connectivity index (χ2n) is 13.9. The van der Waals surface area contributed by atoms with E-state index in [0.717, 1.165) is 12.8 Å². The number of hydrogen-bond acceptors (Lipinski definition) is 10. The number of carbonyl (C=O) groups is 2. The fourth-order valence-electron chi connectivity index (χ4n) is 6.18. The zero-order valence-corrected chi connectivity index (χ0v) is 41.1. The Bertz CT molecular complexity index is 959. The van der Waals surface area contributed by atoms with E-state index in [-0.39, 0.29) is 32.0 Å². The second-order valence-corrected chi connectivity index (χ2v) is 15.8. The van der Waals surface area contributed by atoms with Gasteiger partial charge in [-0.05, 0) is 40.4 Å². The van der Waals surface area contributed by atoms with Gasteiger partial charge in [-0.15, -0.1) is 0 Å². The SMILES string of the molecule is CC.CC.CC.CCCCCCCCCCCCCCCCOC1C(OP(OCCC#N)N(C(C)C)C(C)C)C(CB(C)OI)OC1N(C)/C=C\C(=O)NC=O. The smallest absolute Gasteiger partial charge is 0.307 e. The molecule has 1 N–H and O–H groups in total. The monoisotopic (exact) mass is 927 g/mol. The Kier molecular flexibility index (Phi) is 44.9. The van der Waals surface area contributed by atoms with E-state index in [2.05, 4.69) is 50.7 Å². The summed E-state index contributed by atoms with van der Waals surface area (Å²) in [5, 5.41) is 11.4. The van der Waals surface area contributed by atoms with Crippen LogP contribution in [0.2, 0.25) is 13.1 Å². The number of imide groups is 1. The molecule has 0 bridgehead atoms. The van der Waals surface area contributed by atoms with Gasteiger partial charge in [0.1, 0.15) is 12.2 Å². The minimum atomic E-state index is -1.57.